The molecule has 0 aromatic heterocycles. The number of nitrogens with one attached hydrogen (secondary N) is 1. The molecule has 0 bridgehead atoms. The van der Waals surface area contributed by atoms with Crippen molar-refractivity contribution in [3.63, 3.8) is 0 Å². The van der Waals surface area contributed by atoms with Crippen LogP contribution in [-0.2, 0) is 19.7 Å². The number of hydrogen-bond donors (Lipinski definition) is 2. The predicted octanol–water partition coefficient (Wildman–Crippen LogP) is 0.587. The van der Waals surface area contributed by atoms with Crippen LogP contribution in [-0.4, -0.2) is 19.0 Å². The maximum Gasteiger partial charge on any atom is 0.337 e. The van der Waals surface area contributed by atoms with Crippen molar-refractivity contribution < 1.29 is 19.1 Å². The number of nitrogens with zero attached hydrogens (tertiary/aromatic N) is 1. The molecule has 0 radical (unpaired) electrons. The highest BCUT2D eigenvalue weighted by Crippen LogP contribution is 2.50. The number of amides is 1. The van der Waals surface area contributed by atoms with Gasteiger partial charge in [-0.15, -0.1) is 0 Å². The topological polar surface area (TPSA) is 114 Å². The molecule has 0 saturated carbocycles. The summed E-state index contributed by atoms with van der Waals surface area (Å²) in [6, 6.07) is 8.56. The van der Waals surface area contributed by atoms with Crippen LogP contribution < -0.4 is 15.8 Å². The Morgan fingerprint density at radius 1 is 1.43 bits per heavy atom. The summed E-state index contributed by atoms with van der Waals surface area (Å²) < 4.78 is 10.3. The highest BCUT2D eigenvalue weighted by molar-refractivity contribution is 6.12. The van der Waals surface area contributed by atoms with E-state index in [9.17, 15) is 14.9 Å². The van der Waals surface area contributed by atoms with Gasteiger partial charge in [-0.2, -0.15) is 5.26 Å². The van der Waals surface area contributed by atoms with E-state index in [0.29, 0.717) is 17.0 Å². The van der Waals surface area contributed by atoms with Crippen LogP contribution in [0.1, 0.15) is 12.5 Å². The summed E-state index contributed by atoms with van der Waals surface area (Å²) in [5.74, 6) is -1.14. The molecular weight excluding hydrogens is 298 g/mol. The average molecular weight is 311 g/mol. The third-order valence-electron chi connectivity index (χ3n) is 4.03. The summed E-state index contributed by atoms with van der Waals surface area (Å²) in [7, 11) is 1.21. The van der Waals surface area contributed by atoms with Crippen molar-refractivity contribution in [2.75, 3.05) is 7.11 Å². The first-order chi connectivity index (χ1) is 11.0. The molecule has 0 aliphatic carbocycles. The highest BCUT2D eigenvalue weighted by atomic mass is 16.5. The molecule has 1 aromatic carbocycles. The van der Waals surface area contributed by atoms with Crippen LogP contribution >= 0.6 is 0 Å². The van der Waals surface area contributed by atoms with Crippen LogP contribution in [0.15, 0.2) is 47.0 Å². The zero-order chi connectivity index (χ0) is 16.8. The second kappa shape index (κ2) is 4.88. The molecule has 2 aliphatic heterocycles. The van der Waals surface area contributed by atoms with E-state index in [-0.39, 0.29) is 17.0 Å². The largest absolute Gasteiger partial charge is 0.466 e. The third kappa shape index (κ3) is 1.69. The van der Waals surface area contributed by atoms with Crippen molar-refractivity contribution >= 4 is 11.9 Å². The fourth-order valence-electron chi connectivity index (χ4n) is 3.12. The smallest absolute Gasteiger partial charge is 0.337 e. The molecule has 0 fully saturated rings. The van der Waals surface area contributed by atoms with E-state index in [1.807, 2.05) is 6.07 Å². The molecule has 7 nitrogen and oxygen atoms in total. The Morgan fingerprint density at radius 3 is 2.78 bits per heavy atom. The van der Waals surface area contributed by atoms with Crippen molar-refractivity contribution in [3.8, 4) is 11.8 Å². The number of hydrogen-bond acceptors (Lipinski definition) is 6. The second-order valence-electron chi connectivity index (χ2n) is 5.14. The number of nitriles is 1. The third-order valence-corrected chi connectivity index (χ3v) is 4.03. The van der Waals surface area contributed by atoms with Gasteiger partial charge in [0.2, 0.25) is 11.8 Å². The maximum atomic E-state index is 12.8. The minimum absolute atomic E-state index is 0.0419. The Morgan fingerprint density at radius 2 is 2.13 bits per heavy atom. The van der Waals surface area contributed by atoms with Gasteiger partial charge >= 0.3 is 5.97 Å². The molecule has 1 spiro atoms. The molecule has 2 heterocycles. The summed E-state index contributed by atoms with van der Waals surface area (Å²) in [5, 5.41) is 12.2. The summed E-state index contributed by atoms with van der Waals surface area (Å²) in [6.07, 6.45) is 0. The molecule has 7 heteroatoms. The van der Waals surface area contributed by atoms with Gasteiger partial charge in [0, 0.05) is 11.3 Å². The molecule has 1 unspecified atom stereocenters. The SMILES string of the molecule is COC(=O)C1=C(C)NC(=O)C12C(C#N)=C(N)Oc1ccccc12. The quantitative estimate of drug-likeness (QED) is 0.733. The fourth-order valence-corrected chi connectivity index (χ4v) is 3.12. The number of fused-ring (bicyclic) bond motifs is 2. The lowest BCUT2D eigenvalue weighted by Gasteiger charge is -2.34. The number of esters is 1. The highest BCUT2D eigenvalue weighted by Gasteiger charge is 2.59. The van der Waals surface area contributed by atoms with Gasteiger partial charge in [-0.1, -0.05) is 18.2 Å². The van der Waals surface area contributed by atoms with Crippen LogP contribution in [0.3, 0.4) is 0 Å². The number of carbonyl (C=O) groups is 2. The predicted molar refractivity (Wildman–Crippen MR) is 78.4 cm³/mol. The number of nitrogens with two attached hydrogens (primary N) is 1. The van der Waals surface area contributed by atoms with Crippen molar-refractivity contribution in [2.24, 2.45) is 5.73 Å². The van der Waals surface area contributed by atoms with Crippen LogP contribution in [0.2, 0.25) is 0 Å². The first kappa shape index (κ1) is 14.7. The molecular formula is C16H13N3O4. The van der Waals surface area contributed by atoms with E-state index >= 15 is 0 Å². The number of ether oxygens (including phenoxy) is 2. The van der Waals surface area contributed by atoms with Gasteiger partial charge in [-0.25, -0.2) is 4.79 Å². The molecule has 0 saturated heterocycles. The molecule has 3 rings (SSSR count). The molecule has 1 aromatic rings. The fraction of sp³-hybridized carbons (Fsp3) is 0.188. The number of rotatable bonds is 1. The first-order valence-corrected chi connectivity index (χ1v) is 6.77. The number of carbonyl (C=O) groups excluding carboxylic acids is 2. The molecule has 2 aliphatic rings. The van der Waals surface area contributed by atoms with Crippen molar-refractivity contribution in [1.29, 1.82) is 5.26 Å². The summed E-state index contributed by atoms with van der Waals surface area (Å²) in [5.41, 5.74) is 4.79. The molecule has 116 valence electrons. The Balaban J connectivity index is 2.45. The van der Waals surface area contributed by atoms with Gasteiger partial charge < -0.3 is 20.5 Å². The number of allylic oxidation sites excluding steroid dienone is 1. The average Bonchev–Trinajstić information content (AvgIpc) is 2.78. The van der Waals surface area contributed by atoms with Crippen molar-refractivity contribution in [2.45, 2.75) is 12.3 Å². The van der Waals surface area contributed by atoms with E-state index in [0.717, 1.165) is 0 Å². The molecule has 3 N–H and O–H groups in total. The monoisotopic (exact) mass is 311 g/mol. The molecule has 23 heavy (non-hydrogen) atoms. The molecule has 1 amide bonds. The lowest BCUT2D eigenvalue weighted by atomic mass is 9.68. The number of methoxy groups -OCH3 is 1. The van der Waals surface area contributed by atoms with Crippen molar-refractivity contribution in [3.05, 3.63) is 52.6 Å². The Kier molecular flexibility index (Phi) is 3.11. The normalized spacial score (nSPS) is 22.4. The zero-order valence-electron chi connectivity index (χ0n) is 12.5. The van der Waals surface area contributed by atoms with E-state index < -0.39 is 17.3 Å². The molecule has 1 atom stereocenters. The van der Waals surface area contributed by atoms with Gasteiger partial charge in [-0.05, 0) is 13.0 Å². The maximum absolute atomic E-state index is 12.8. The minimum atomic E-state index is -1.66. The summed E-state index contributed by atoms with van der Waals surface area (Å²) in [4.78, 5) is 25.1. The van der Waals surface area contributed by atoms with Crippen LogP contribution in [0.4, 0.5) is 0 Å². The Bertz CT molecular complexity index is 847. The van der Waals surface area contributed by atoms with Crippen LogP contribution in [0.5, 0.6) is 5.75 Å². The minimum Gasteiger partial charge on any atom is -0.466 e. The van der Waals surface area contributed by atoms with Crippen molar-refractivity contribution in [1.82, 2.24) is 5.32 Å². The van der Waals surface area contributed by atoms with E-state index in [2.05, 4.69) is 5.32 Å². The van der Waals surface area contributed by atoms with Crippen LogP contribution in [0, 0.1) is 11.3 Å². The number of para-hydroxylation sites is 1. The van der Waals surface area contributed by atoms with Gasteiger partial charge in [0.1, 0.15) is 17.4 Å². The van der Waals surface area contributed by atoms with Crippen LogP contribution in [0.25, 0.3) is 0 Å². The standard InChI is InChI=1S/C16H13N3O4/c1-8-12(14(20)22-2)16(15(21)19-8)9-5-3-4-6-11(9)23-13(18)10(16)7-17/h3-6H,18H2,1-2H3,(H,19,21). The van der Waals surface area contributed by atoms with E-state index in [1.165, 1.54) is 7.11 Å². The lowest BCUT2D eigenvalue weighted by molar-refractivity contribution is -0.138. The van der Waals surface area contributed by atoms with E-state index in [4.69, 9.17) is 15.2 Å². The van der Waals surface area contributed by atoms with Gasteiger partial charge in [-0.3, -0.25) is 4.79 Å². The summed E-state index contributed by atoms with van der Waals surface area (Å²) >= 11 is 0. The summed E-state index contributed by atoms with van der Waals surface area (Å²) in [6.45, 7) is 1.57. The number of benzene rings is 1. The van der Waals surface area contributed by atoms with Gasteiger partial charge in [0.05, 0.1) is 12.7 Å². The van der Waals surface area contributed by atoms with Gasteiger partial charge in [0.15, 0.2) is 5.41 Å². The Labute approximate surface area is 132 Å². The van der Waals surface area contributed by atoms with E-state index in [1.54, 1.807) is 31.2 Å². The second-order valence-corrected chi connectivity index (χ2v) is 5.14. The zero-order valence-corrected chi connectivity index (χ0v) is 12.5. The Hall–Kier alpha value is -3.27. The first-order valence-electron chi connectivity index (χ1n) is 6.77. The lowest BCUT2D eigenvalue weighted by Crippen LogP contribution is -2.46. The van der Waals surface area contributed by atoms with Gasteiger partial charge in [0.25, 0.3) is 0 Å².